The maximum Gasteiger partial charge on any atom is 0.249 e. The molecular weight excluding hydrogens is 341 g/mol. The zero-order valence-electron chi connectivity index (χ0n) is 14.0. The summed E-state index contributed by atoms with van der Waals surface area (Å²) in [6.45, 7) is 8.36. The predicted molar refractivity (Wildman–Crippen MR) is 95.5 cm³/mol. The fraction of sp³-hybridized carbons (Fsp3) is 0.933. The van der Waals surface area contributed by atoms with Crippen LogP contribution in [0, 0.1) is 0 Å². The maximum atomic E-state index is 12.0. The molecule has 1 amide bonds. The molecule has 0 aromatic heterocycles. The number of hydrogen-bond donors (Lipinski definition) is 2. The third-order valence-electron chi connectivity index (χ3n) is 4.11. The summed E-state index contributed by atoms with van der Waals surface area (Å²) in [5.74, 6) is 0.00895. The molecule has 0 radical (unpaired) electrons. The molecule has 0 aromatic carbocycles. The average Bonchev–Trinajstić information content (AvgIpc) is 2.91. The largest absolute Gasteiger partial charge is 0.373 e. The Labute approximate surface area is 151 Å². The molecule has 0 aromatic rings. The van der Waals surface area contributed by atoms with Crippen molar-refractivity contribution in [1.82, 2.24) is 10.2 Å². The van der Waals surface area contributed by atoms with Gasteiger partial charge in [0.15, 0.2) is 0 Å². The SMILES string of the molecule is CC1CN(CCCNC(=O)[C@@H]2CC[C@H](CN)O2)CC(C)O1.Cl.Cl. The molecule has 2 fully saturated rings. The Hall–Kier alpha value is -0.110. The fourth-order valence-corrected chi connectivity index (χ4v) is 3.17. The van der Waals surface area contributed by atoms with Gasteiger partial charge in [0.1, 0.15) is 6.10 Å². The summed E-state index contributed by atoms with van der Waals surface area (Å²) in [6, 6.07) is 0. The lowest BCUT2D eigenvalue weighted by Crippen LogP contribution is -2.46. The molecule has 3 N–H and O–H groups in total. The second-order valence-corrected chi connectivity index (χ2v) is 6.22. The van der Waals surface area contributed by atoms with Gasteiger partial charge in [0, 0.05) is 32.7 Å². The minimum atomic E-state index is -0.304. The molecule has 4 atom stereocenters. The van der Waals surface area contributed by atoms with Crippen LogP contribution in [0.15, 0.2) is 0 Å². The molecule has 2 rings (SSSR count). The van der Waals surface area contributed by atoms with Gasteiger partial charge < -0.3 is 20.5 Å². The van der Waals surface area contributed by atoms with E-state index in [1.807, 2.05) is 0 Å². The van der Waals surface area contributed by atoms with Crippen LogP contribution in [-0.2, 0) is 14.3 Å². The number of nitrogens with two attached hydrogens (primary N) is 1. The standard InChI is InChI=1S/C15H29N3O3.2ClH/c1-11-9-18(10-12(2)20-11)7-3-6-17-15(19)14-5-4-13(8-16)21-14;;/h11-14H,3-10,16H2,1-2H3,(H,17,19);2*1H/t11?,12?,13-,14+;;/m1../s1. The van der Waals surface area contributed by atoms with Crippen molar-refractivity contribution >= 4 is 30.7 Å². The van der Waals surface area contributed by atoms with Gasteiger partial charge in [-0.05, 0) is 33.1 Å². The van der Waals surface area contributed by atoms with Crippen LogP contribution in [0.5, 0.6) is 0 Å². The lowest BCUT2D eigenvalue weighted by atomic mass is 10.2. The molecular formula is C15H31Cl2N3O3. The summed E-state index contributed by atoms with van der Waals surface area (Å²) in [5.41, 5.74) is 5.55. The number of hydrogen-bond acceptors (Lipinski definition) is 5. The summed E-state index contributed by atoms with van der Waals surface area (Å²) in [4.78, 5) is 14.4. The maximum absolute atomic E-state index is 12.0. The van der Waals surface area contributed by atoms with Gasteiger partial charge in [-0.1, -0.05) is 0 Å². The molecule has 2 unspecified atom stereocenters. The van der Waals surface area contributed by atoms with Crippen LogP contribution in [0.3, 0.4) is 0 Å². The van der Waals surface area contributed by atoms with Crippen molar-refractivity contribution in [3.63, 3.8) is 0 Å². The van der Waals surface area contributed by atoms with Gasteiger partial charge in [-0.15, -0.1) is 24.8 Å². The first kappa shape index (κ1) is 22.9. The van der Waals surface area contributed by atoms with E-state index in [0.29, 0.717) is 25.3 Å². The fourth-order valence-electron chi connectivity index (χ4n) is 3.17. The highest BCUT2D eigenvalue weighted by Crippen LogP contribution is 2.18. The van der Waals surface area contributed by atoms with Gasteiger partial charge in [-0.3, -0.25) is 9.69 Å². The molecule has 0 aliphatic carbocycles. The van der Waals surface area contributed by atoms with Crippen molar-refractivity contribution in [1.29, 1.82) is 0 Å². The Balaban J connectivity index is 0.00000242. The second kappa shape index (κ2) is 11.4. The van der Waals surface area contributed by atoms with Crippen LogP contribution in [-0.4, -0.2) is 67.9 Å². The minimum Gasteiger partial charge on any atom is -0.373 e. The first-order chi connectivity index (χ1) is 10.1. The van der Waals surface area contributed by atoms with E-state index in [9.17, 15) is 4.79 Å². The minimum absolute atomic E-state index is 0. The van der Waals surface area contributed by atoms with Crippen molar-refractivity contribution < 1.29 is 14.3 Å². The number of morpholine rings is 1. The Morgan fingerprint density at radius 1 is 1.17 bits per heavy atom. The van der Waals surface area contributed by atoms with Gasteiger partial charge in [0.05, 0.1) is 18.3 Å². The molecule has 23 heavy (non-hydrogen) atoms. The number of ether oxygens (including phenoxy) is 2. The van der Waals surface area contributed by atoms with E-state index >= 15 is 0 Å². The highest BCUT2D eigenvalue weighted by Gasteiger charge is 2.29. The average molecular weight is 372 g/mol. The van der Waals surface area contributed by atoms with Gasteiger partial charge in [0.25, 0.3) is 0 Å². The number of carbonyl (C=O) groups is 1. The zero-order chi connectivity index (χ0) is 15.2. The van der Waals surface area contributed by atoms with E-state index in [1.165, 1.54) is 0 Å². The number of rotatable bonds is 6. The number of nitrogens with one attached hydrogen (secondary N) is 1. The van der Waals surface area contributed by atoms with Crippen molar-refractivity contribution in [2.24, 2.45) is 5.73 Å². The number of halogens is 2. The van der Waals surface area contributed by atoms with Gasteiger partial charge in [-0.25, -0.2) is 0 Å². The van der Waals surface area contributed by atoms with E-state index in [4.69, 9.17) is 15.2 Å². The molecule has 2 aliphatic heterocycles. The molecule has 0 bridgehead atoms. The van der Waals surface area contributed by atoms with E-state index in [-0.39, 0.29) is 42.9 Å². The second-order valence-electron chi connectivity index (χ2n) is 6.22. The van der Waals surface area contributed by atoms with Crippen LogP contribution < -0.4 is 11.1 Å². The summed E-state index contributed by atoms with van der Waals surface area (Å²) in [6.07, 6.45) is 2.97. The molecule has 138 valence electrons. The van der Waals surface area contributed by atoms with Crippen LogP contribution in [0.25, 0.3) is 0 Å². The first-order valence-electron chi connectivity index (χ1n) is 8.09. The van der Waals surface area contributed by atoms with E-state index in [2.05, 4.69) is 24.1 Å². The van der Waals surface area contributed by atoms with E-state index < -0.39 is 0 Å². The first-order valence-corrected chi connectivity index (χ1v) is 8.09. The third-order valence-corrected chi connectivity index (χ3v) is 4.11. The van der Waals surface area contributed by atoms with Crippen LogP contribution in [0.1, 0.15) is 33.1 Å². The van der Waals surface area contributed by atoms with E-state index in [1.54, 1.807) is 0 Å². The molecule has 2 saturated heterocycles. The van der Waals surface area contributed by atoms with Crippen LogP contribution in [0.4, 0.5) is 0 Å². The van der Waals surface area contributed by atoms with Crippen molar-refractivity contribution in [3.05, 3.63) is 0 Å². The summed E-state index contributed by atoms with van der Waals surface area (Å²) < 4.78 is 11.3. The summed E-state index contributed by atoms with van der Waals surface area (Å²) in [5, 5.41) is 2.97. The van der Waals surface area contributed by atoms with Crippen LogP contribution >= 0.6 is 24.8 Å². The molecule has 0 spiro atoms. The topological polar surface area (TPSA) is 76.8 Å². The molecule has 8 heteroatoms. The Bertz CT molecular complexity index is 340. The number of amides is 1. The molecule has 2 aliphatic rings. The molecule has 0 saturated carbocycles. The monoisotopic (exact) mass is 371 g/mol. The highest BCUT2D eigenvalue weighted by molar-refractivity contribution is 5.85. The smallest absolute Gasteiger partial charge is 0.249 e. The van der Waals surface area contributed by atoms with Gasteiger partial charge in [0.2, 0.25) is 5.91 Å². The van der Waals surface area contributed by atoms with Crippen LogP contribution in [0.2, 0.25) is 0 Å². The van der Waals surface area contributed by atoms with Gasteiger partial charge in [-0.2, -0.15) is 0 Å². The summed E-state index contributed by atoms with van der Waals surface area (Å²) in [7, 11) is 0. The summed E-state index contributed by atoms with van der Waals surface area (Å²) >= 11 is 0. The van der Waals surface area contributed by atoms with E-state index in [0.717, 1.165) is 38.9 Å². The normalized spacial score (nSPS) is 31.1. The Kier molecular flexibility index (Phi) is 11.4. The zero-order valence-corrected chi connectivity index (χ0v) is 15.7. The highest BCUT2D eigenvalue weighted by atomic mass is 35.5. The Morgan fingerprint density at radius 3 is 2.39 bits per heavy atom. The number of carbonyl (C=O) groups excluding carboxylic acids is 1. The number of nitrogens with zero attached hydrogens (tertiary/aromatic N) is 1. The van der Waals surface area contributed by atoms with Crippen molar-refractivity contribution in [3.8, 4) is 0 Å². The third kappa shape index (κ3) is 7.54. The Morgan fingerprint density at radius 2 is 1.83 bits per heavy atom. The van der Waals surface area contributed by atoms with Crippen molar-refractivity contribution in [2.75, 3.05) is 32.7 Å². The lowest BCUT2D eigenvalue weighted by molar-refractivity contribution is -0.131. The molecule has 2 heterocycles. The predicted octanol–water partition coefficient (Wildman–Crippen LogP) is 0.952. The molecule has 6 nitrogen and oxygen atoms in total. The van der Waals surface area contributed by atoms with Crippen molar-refractivity contribution in [2.45, 2.75) is 57.5 Å². The lowest BCUT2D eigenvalue weighted by Gasteiger charge is -2.35. The quantitative estimate of drug-likeness (QED) is 0.679. The van der Waals surface area contributed by atoms with Gasteiger partial charge >= 0.3 is 0 Å².